The predicted octanol–water partition coefficient (Wildman–Crippen LogP) is 2.61. The van der Waals surface area contributed by atoms with Crippen molar-refractivity contribution in [3.63, 3.8) is 0 Å². The second-order valence-electron chi connectivity index (χ2n) is 4.90. The van der Waals surface area contributed by atoms with Gasteiger partial charge in [-0.1, -0.05) is 19.3 Å². The van der Waals surface area contributed by atoms with E-state index in [0.29, 0.717) is 10.6 Å². The van der Waals surface area contributed by atoms with Gasteiger partial charge in [0.2, 0.25) is 0 Å². The maximum Gasteiger partial charge on any atom is 0.320 e. The number of carbonyl (C=O) groups excluding carboxylic acids is 2. The topological polar surface area (TPSA) is 84.2 Å². The maximum absolute atomic E-state index is 11.9. The Hall–Kier alpha value is -1.56. The van der Waals surface area contributed by atoms with Crippen LogP contribution in [0.3, 0.4) is 0 Å². The zero-order valence-electron chi connectivity index (χ0n) is 11.0. The summed E-state index contributed by atoms with van der Waals surface area (Å²) in [4.78, 5) is 24.1. The smallest absolute Gasteiger partial charge is 0.320 e. The zero-order valence-corrected chi connectivity index (χ0v) is 11.8. The van der Waals surface area contributed by atoms with Crippen LogP contribution in [-0.2, 0) is 0 Å². The molecule has 2 rings (SSSR count). The summed E-state index contributed by atoms with van der Waals surface area (Å²) in [5.41, 5.74) is 5.66. The van der Waals surface area contributed by atoms with Crippen molar-refractivity contribution in [2.24, 2.45) is 5.73 Å². The monoisotopic (exact) mass is 281 g/mol. The van der Waals surface area contributed by atoms with Crippen molar-refractivity contribution in [2.75, 3.05) is 5.32 Å². The number of primary amides is 1. The highest BCUT2D eigenvalue weighted by Crippen LogP contribution is 2.27. The molecule has 1 aliphatic carbocycles. The molecule has 0 aromatic carbocycles. The summed E-state index contributed by atoms with van der Waals surface area (Å²) < 4.78 is 0. The third-order valence-corrected chi connectivity index (χ3v) is 4.25. The SMILES string of the molecule is Cc1cc(C(N)=O)c(NC(=O)NC2CCCCC2)s1. The second kappa shape index (κ2) is 6.06. The molecular formula is C13H19N3O2S. The van der Waals surface area contributed by atoms with Gasteiger partial charge < -0.3 is 11.1 Å². The van der Waals surface area contributed by atoms with Crippen molar-refractivity contribution in [2.45, 2.75) is 45.1 Å². The second-order valence-corrected chi connectivity index (χ2v) is 6.15. The number of anilines is 1. The molecule has 0 unspecified atom stereocenters. The number of nitrogens with two attached hydrogens (primary N) is 1. The van der Waals surface area contributed by atoms with Gasteiger partial charge in [0, 0.05) is 10.9 Å². The number of thiophene rings is 1. The molecule has 1 fully saturated rings. The van der Waals surface area contributed by atoms with Gasteiger partial charge in [0.05, 0.1) is 5.56 Å². The van der Waals surface area contributed by atoms with Crippen molar-refractivity contribution in [1.29, 1.82) is 0 Å². The van der Waals surface area contributed by atoms with E-state index in [9.17, 15) is 9.59 Å². The predicted molar refractivity (Wildman–Crippen MR) is 76.6 cm³/mol. The van der Waals surface area contributed by atoms with Crippen LogP contribution < -0.4 is 16.4 Å². The first-order valence-electron chi connectivity index (χ1n) is 6.54. The van der Waals surface area contributed by atoms with E-state index >= 15 is 0 Å². The highest BCUT2D eigenvalue weighted by molar-refractivity contribution is 7.16. The highest BCUT2D eigenvalue weighted by atomic mass is 32.1. The Balaban J connectivity index is 1.96. The summed E-state index contributed by atoms with van der Waals surface area (Å²) in [5, 5.41) is 6.20. The van der Waals surface area contributed by atoms with E-state index in [-0.39, 0.29) is 12.1 Å². The minimum absolute atomic E-state index is 0.242. The highest BCUT2D eigenvalue weighted by Gasteiger charge is 2.18. The van der Waals surface area contributed by atoms with Gasteiger partial charge in [-0.15, -0.1) is 11.3 Å². The Labute approximate surface area is 116 Å². The molecule has 0 saturated heterocycles. The summed E-state index contributed by atoms with van der Waals surface area (Å²) in [6.07, 6.45) is 5.63. The molecule has 0 spiro atoms. The lowest BCUT2D eigenvalue weighted by Gasteiger charge is -2.22. The molecule has 19 heavy (non-hydrogen) atoms. The lowest BCUT2D eigenvalue weighted by atomic mass is 9.96. The first kappa shape index (κ1) is 13.9. The summed E-state index contributed by atoms with van der Waals surface area (Å²) in [6.45, 7) is 1.88. The van der Waals surface area contributed by atoms with Gasteiger partial charge in [-0.2, -0.15) is 0 Å². The van der Waals surface area contributed by atoms with Crippen LogP contribution in [0.5, 0.6) is 0 Å². The van der Waals surface area contributed by atoms with Gasteiger partial charge in [-0.25, -0.2) is 4.79 Å². The Morgan fingerprint density at radius 2 is 2.00 bits per heavy atom. The molecule has 1 aromatic heterocycles. The summed E-state index contributed by atoms with van der Waals surface area (Å²) in [6, 6.07) is 1.69. The molecule has 0 radical (unpaired) electrons. The largest absolute Gasteiger partial charge is 0.366 e. The molecule has 1 heterocycles. The van der Waals surface area contributed by atoms with Gasteiger partial charge in [-0.05, 0) is 25.8 Å². The van der Waals surface area contributed by atoms with E-state index in [0.717, 1.165) is 30.6 Å². The molecule has 1 saturated carbocycles. The molecule has 1 aliphatic rings. The number of carbonyl (C=O) groups is 2. The molecule has 3 amide bonds. The van der Waals surface area contributed by atoms with Crippen LogP contribution in [0.1, 0.15) is 47.3 Å². The van der Waals surface area contributed by atoms with E-state index in [1.54, 1.807) is 6.07 Å². The average Bonchev–Trinajstić information content (AvgIpc) is 2.71. The fourth-order valence-corrected chi connectivity index (χ4v) is 3.27. The molecule has 0 bridgehead atoms. The van der Waals surface area contributed by atoms with Crippen molar-refractivity contribution in [1.82, 2.24) is 5.32 Å². The van der Waals surface area contributed by atoms with E-state index in [1.165, 1.54) is 17.8 Å². The third kappa shape index (κ3) is 3.70. The van der Waals surface area contributed by atoms with E-state index in [1.807, 2.05) is 6.92 Å². The lowest BCUT2D eigenvalue weighted by Crippen LogP contribution is -2.39. The lowest BCUT2D eigenvalue weighted by molar-refractivity contribution is 0.100. The van der Waals surface area contributed by atoms with Crippen molar-refractivity contribution in [3.8, 4) is 0 Å². The standard InChI is InChI=1S/C13H19N3O2S/c1-8-7-10(11(14)17)12(19-8)16-13(18)15-9-5-3-2-4-6-9/h7,9H,2-6H2,1H3,(H2,14,17)(H2,15,16,18). The minimum Gasteiger partial charge on any atom is -0.366 e. The van der Waals surface area contributed by atoms with Crippen LogP contribution in [0.15, 0.2) is 6.07 Å². The molecule has 104 valence electrons. The Kier molecular flexibility index (Phi) is 4.42. The third-order valence-electron chi connectivity index (χ3n) is 3.29. The van der Waals surface area contributed by atoms with Crippen LogP contribution in [0.25, 0.3) is 0 Å². The van der Waals surface area contributed by atoms with Gasteiger partial charge in [0.1, 0.15) is 5.00 Å². The number of urea groups is 1. The van der Waals surface area contributed by atoms with Crippen LogP contribution >= 0.6 is 11.3 Å². The first-order valence-corrected chi connectivity index (χ1v) is 7.35. The van der Waals surface area contributed by atoms with Crippen LogP contribution in [0, 0.1) is 6.92 Å². The zero-order chi connectivity index (χ0) is 13.8. The Morgan fingerprint density at radius 1 is 1.32 bits per heavy atom. The van der Waals surface area contributed by atoms with E-state index < -0.39 is 5.91 Å². The van der Waals surface area contributed by atoms with Crippen molar-refractivity contribution in [3.05, 3.63) is 16.5 Å². The van der Waals surface area contributed by atoms with Gasteiger partial charge in [0.15, 0.2) is 0 Å². The molecular weight excluding hydrogens is 262 g/mol. The van der Waals surface area contributed by atoms with Gasteiger partial charge >= 0.3 is 6.03 Å². The first-order chi connectivity index (χ1) is 9.06. The van der Waals surface area contributed by atoms with Gasteiger partial charge in [-0.3, -0.25) is 10.1 Å². The fourth-order valence-electron chi connectivity index (χ4n) is 2.36. The summed E-state index contributed by atoms with van der Waals surface area (Å²) in [5.74, 6) is -0.516. The normalized spacial score (nSPS) is 16.1. The molecule has 5 nitrogen and oxygen atoms in total. The number of amides is 3. The molecule has 6 heteroatoms. The molecule has 1 aromatic rings. The van der Waals surface area contributed by atoms with E-state index in [4.69, 9.17) is 5.73 Å². The molecule has 0 aliphatic heterocycles. The number of hydrogen-bond acceptors (Lipinski definition) is 3. The van der Waals surface area contributed by atoms with Crippen molar-refractivity contribution >= 4 is 28.3 Å². The maximum atomic E-state index is 11.9. The Bertz CT molecular complexity index is 478. The molecule has 0 atom stereocenters. The summed E-state index contributed by atoms with van der Waals surface area (Å²) >= 11 is 1.36. The average molecular weight is 281 g/mol. The van der Waals surface area contributed by atoms with E-state index in [2.05, 4.69) is 10.6 Å². The van der Waals surface area contributed by atoms with Crippen LogP contribution in [0.4, 0.5) is 9.80 Å². The number of nitrogens with one attached hydrogen (secondary N) is 2. The summed E-state index contributed by atoms with van der Waals surface area (Å²) in [7, 11) is 0. The fraction of sp³-hybridized carbons (Fsp3) is 0.538. The van der Waals surface area contributed by atoms with Crippen molar-refractivity contribution < 1.29 is 9.59 Å². The quantitative estimate of drug-likeness (QED) is 0.795. The number of aryl methyl sites for hydroxylation is 1. The number of rotatable bonds is 3. The minimum atomic E-state index is -0.516. The Morgan fingerprint density at radius 3 is 2.63 bits per heavy atom. The molecule has 4 N–H and O–H groups in total. The van der Waals surface area contributed by atoms with Gasteiger partial charge in [0.25, 0.3) is 5.91 Å². The van der Waals surface area contributed by atoms with Crippen LogP contribution in [-0.4, -0.2) is 18.0 Å². The number of hydrogen-bond donors (Lipinski definition) is 3. The van der Waals surface area contributed by atoms with Crippen LogP contribution in [0.2, 0.25) is 0 Å².